The smallest absolute Gasteiger partial charge is 0.225 e. The van der Waals surface area contributed by atoms with E-state index in [4.69, 9.17) is 0 Å². The summed E-state index contributed by atoms with van der Waals surface area (Å²) in [5.74, 6) is 0.111. The number of hydrogen-bond acceptors (Lipinski definition) is 5. The molecule has 1 aromatic rings. The largest absolute Gasteiger partial charge is 0.346 e. The summed E-state index contributed by atoms with van der Waals surface area (Å²) in [6, 6.07) is -0.279. The highest BCUT2D eigenvalue weighted by molar-refractivity contribution is 7.88. The van der Waals surface area contributed by atoms with Gasteiger partial charge in [-0.25, -0.2) is 17.7 Å². The number of aromatic nitrogens is 3. The molecular weight excluding hydrogens is 282 g/mol. The number of carbonyl (C=O) groups is 1. The molecular formula is C11H19N5O3S. The zero-order valence-electron chi connectivity index (χ0n) is 11.5. The standard InChI is InChI=1S/C11H19N5O3S/c1-8(10-12-7-13-15-10)14-11(17)9-4-3-5-16(6-9)20(2,18)19/h7-9H,3-6H2,1-2H3,(H,14,17)(H,12,13,15). The highest BCUT2D eigenvalue weighted by Gasteiger charge is 2.30. The van der Waals surface area contributed by atoms with Gasteiger partial charge in [-0.2, -0.15) is 5.10 Å². The zero-order chi connectivity index (χ0) is 14.8. The Morgan fingerprint density at radius 1 is 1.60 bits per heavy atom. The van der Waals surface area contributed by atoms with E-state index < -0.39 is 10.0 Å². The van der Waals surface area contributed by atoms with Crippen molar-refractivity contribution in [1.29, 1.82) is 0 Å². The first kappa shape index (κ1) is 14.9. The van der Waals surface area contributed by atoms with Gasteiger partial charge in [0.1, 0.15) is 12.2 Å². The van der Waals surface area contributed by atoms with E-state index >= 15 is 0 Å². The Bertz CT molecular complexity index is 557. The third-order valence-electron chi connectivity index (χ3n) is 3.43. The molecule has 0 aromatic carbocycles. The van der Waals surface area contributed by atoms with Crippen molar-refractivity contribution >= 4 is 15.9 Å². The number of H-pyrrole nitrogens is 1. The van der Waals surface area contributed by atoms with Crippen molar-refractivity contribution in [3.05, 3.63) is 12.2 Å². The second-order valence-corrected chi connectivity index (χ2v) is 7.04. The number of rotatable bonds is 4. The van der Waals surface area contributed by atoms with Crippen LogP contribution in [0.5, 0.6) is 0 Å². The molecule has 20 heavy (non-hydrogen) atoms. The van der Waals surface area contributed by atoms with Crippen molar-refractivity contribution in [2.45, 2.75) is 25.8 Å². The first-order valence-corrected chi connectivity index (χ1v) is 8.33. The van der Waals surface area contributed by atoms with Crippen molar-refractivity contribution in [3.63, 3.8) is 0 Å². The molecule has 9 heteroatoms. The third-order valence-corrected chi connectivity index (χ3v) is 4.70. The summed E-state index contributed by atoms with van der Waals surface area (Å²) in [4.78, 5) is 16.2. The van der Waals surface area contributed by atoms with Gasteiger partial charge in [0.25, 0.3) is 0 Å². The van der Waals surface area contributed by atoms with Crippen LogP contribution in [0.15, 0.2) is 6.33 Å². The van der Waals surface area contributed by atoms with E-state index in [2.05, 4.69) is 20.5 Å². The molecule has 0 saturated carbocycles. The van der Waals surface area contributed by atoms with Crippen LogP contribution in [0.25, 0.3) is 0 Å². The third kappa shape index (κ3) is 3.54. The minimum absolute atomic E-state index is 0.151. The fourth-order valence-corrected chi connectivity index (χ4v) is 3.19. The summed E-state index contributed by atoms with van der Waals surface area (Å²) < 4.78 is 24.4. The number of carbonyl (C=O) groups excluding carboxylic acids is 1. The molecule has 1 saturated heterocycles. The van der Waals surface area contributed by atoms with E-state index in [9.17, 15) is 13.2 Å². The number of sulfonamides is 1. The van der Waals surface area contributed by atoms with E-state index in [1.54, 1.807) is 6.92 Å². The Kier molecular flexibility index (Phi) is 4.39. The number of nitrogens with zero attached hydrogens (tertiary/aromatic N) is 3. The molecule has 2 N–H and O–H groups in total. The lowest BCUT2D eigenvalue weighted by atomic mass is 9.98. The SMILES string of the molecule is CC(NC(=O)C1CCCN(S(C)(=O)=O)C1)c1ncn[nH]1. The molecule has 2 rings (SSSR count). The van der Waals surface area contributed by atoms with Gasteiger partial charge in [0.15, 0.2) is 0 Å². The van der Waals surface area contributed by atoms with Crippen molar-refractivity contribution in [2.75, 3.05) is 19.3 Å². The van der Waals surface area contributed by atoms with Crippen LogP contribution in [0.3, 0.4) is 0 Å². The van der Waals surface area contributed by atoms with Crippen LogP contribution >= 0.6 is 0 Å². The molecule has 1 fully saturated rings. The first-order valence-electron chi connectivity index (χ1n) is 6.48. The fourth-order valence-electron chi connectivity index (χ4n) is 2.28. The van der Waals surface area contributed by atoms with Gasteiger partial charge in [0.05, 0.1) is 18.2 Å². The van der Waals surface area contributed by atoms with E-state index in [1.807, 2.05) is 0 Å². The van der Waals surface area contributed by atoms with Crippen molar-refractivity contribution in [3.8, 4) is 0 Å². The number of nitrogens with one attached hydrogen (secondary N) is 2. The summed E-state index contributed by atoms with van der Waals surface area (Å²) in [6.07, 6.45) is 3.94. The van der Waals surface area contributed by atoms with Gasteiger partial charge >= 0.3 is 0 Å². The Hall–Kier alpha value is -1.48. The van der Waals surface area contributed by atoms with Crippen LogP contribution in [-0.2, 0) is 14.8 Å². The van der Waals surface area contributed by atoms with Crippen LogP contribution in [0, 0.1) is 5.92 Å². The van der Waals surface area contributed by atoms with E-state index in [-0.39, 0.29) is 24.4 Å². The summed E-state index contributed by atoms with van der Waals surface area (Å²) >= 11 is 0. The summed E-state index contributed by atoms with van der Waals surface area (Å²) in [5, 5.41) is 9.26. The fraction of sp³-hybridized carbons (Fsp3) is 0.727. The number of amides is 1. The van der Waals surface area contributed by atoms with Gasteiger partial charge in [-0.1, -0.05) is 0 Å². The van der Waals surface area contributed by atoms with Gasteiger partial charge in [0.2, 0.25) is 15.9 Å². The van der Waals surface area contributed by atoms with Crippen LogP contribution in [0.2, 0.25) is 0 Å². The Morgan fingerprint density at radius 2 is 2.35 bits per heavy atom. The van der Waals surface area contributed by atoms with Crippen LogP contribution in [0.1, 0.15) is 31.6 Å². The van der Waals surface area contributed by atoms with E-state index in [0.29, 0.717) is 25.2 Å². The quantitative estimate of drug-likeness (QED) is 0.790. The highest BCUT2D eigenvalue weighted by Crippen LogP contribution is 2.19. The van der Waals surface area contributed by atoms with Gasteiger partial charge in [0, 0.05) is 13.1 Å². The molecule has 0 aliphatic carbocycles. The minimum atomic E-state index is -3.24. The van der Waals surface area contributed by atoms with Crippen LogP contribution < -0.4 is 5.32 Å². The maximum atomic E-state index is 12.2. The summed E-state index contributed by atoms with van der Waals surface area (Å²) in [5.41, 5.74) is 0. The number of aromatic amines is 1. The maximum absolute atomic E-state index is 12.2. The molecule has 0 bridgehead atoms. The zero-order valence-corrected chi connectivity index (χ0v) is 12.4. The van der Waals surface area contributed by atoms with Crippen LogP contribution in [0.4, 0.5) is 0 Å². The Labute approximate surface area is 118 Å². The highest BCUT2D eigenvalue weighted by atomic mass is 32.2. The predicted molar refractivity (Wildman–Crippen MR) is 72.1 cm³/mol. The average Bonchev–Trinajstić information content (AvgIpc) is 2.91. The normalized spacial score (nSPS) is 22.4. The van der Waals surface area contributed by atoms with Gasteiger partial charge < -0.3 is 5.32 Å². The lowest BCUT2D eigenvalue weighted by molar-refractivity contribution is -0.126. The van der Waals surface area contributed by atoms with Gasteiger partial charge in [-0.3, -0.25) is 9.89 Å². The molecule has 1 aliphatic rings. The van der Waals surface area contributed by atoms with Crippen molar-refractivity contribution in [1.82, 2.24) is 24.8 Å². The first-order chi connectivity index (χ1) is 9.38. The average molecular weight is 301 g/mol. The summed E-state index contributed by atoms with van der Waals surface area (Å²) in [7, 11) is -3.24. The monoisotopic (exact) mass is 301 g/mol. The molecule has 0 radical (unpaired) electrons. The predicted octanol–water partition coefficient (Wildman–Crippen LogP) is -0.346. The van der Waals surface area contributed by atoms with Crippen molar-refractivity contribution < 1.29 is 13.2 Å². The number of piperidine rings is 1. The molecule has 2 unspecified atom stereocenters. The van der Waals surface area contributed by atoms with Crippen molar-refractivity contribution in [2.24, 2.45) is 5.92 Å². The Morgan fingerprint density at radius 3 is 2.95 bits per heavy atom. The second kappa shape index (κ2) is 5.88. The maximum Gasteiger partial charge on any atom is 0.225 e. The topological polar surface area (TPSA) is 108 Å². The molecule has 2 atom stereocenters. The molecule has 2 heterocycles. The molecule has 1 aromatic heterocycles. The van der Waals surface area contributed by atoms with E-state index in [0.717, 1.165) is 0 Å². The Balaban J connectivity index is 1.95. The van der Waals surface area contributed by atoms with Gasteiger partial charge in [-0.05, 0) is 19.8 Å². The molecule has 8 nitrogen and oxygen atoms in total. The molecule has 112 valence electrons. The van der Waals surface area contributed by atoms with Gasteiger partial charge in [-0.15, -0.1) is 0 Å². The minimum Gasteiger partial charge on any atom is -0.346 e. The second-order valence-electron chi connectivity index (χ2n) is 5.06. The summed E-state index contributed by atoms with van der Waals surface area (Å²) in [6.45, 7) is 2.53. The number of hydrogen-bond donors (Lipinski definition) is 2. The molecule has 0 spiro atoms. The molecule has 1 amide bonds. The lowest BCUT2D eigenvalue weighted by Gasteiger charge is -2.30. The van der Waals surface area contributed by atoms with Crippen LogP contribution in [-0.4, -0.2) is 53.2 Å². The van der Waals surface area contributed by atoms with E-state index in [1.165, 1.54) is 16.9 Å². The lowest BCUT2D eigenvalue weighted by Crippen LogP contribution is -2.45. The molecule has 1 aliphatic heterocycles.